The zero-order chi connectivity index (χ0) is 27.9. The Labute approximate surface area is 242 Å². The maximum absolute atomic E-state index is 5.55. The molecule has 0 spiro atoms. The van der Waals surface area contributed by atoms with Crippen LogP contribution in [0.2, 0.25) is 0 Å². The molecule has 0 saturated heterocycles. The molecule has 0 nitrogen and oxygen atoms in total. The summed E-state index contributed by atoms with van der Waals surface area (Å²) in [4.78, 5) is 0. The Morgan fingerprint density at radius 3 is 2.30 bits per heavy atom. The van der Waals surface area contributed by atoms with Crippen molar-refractivity contribution in [1.29, 1.82) is 0 Å². The van der Waals surface area contributed by atoms with E-state index in [0.29, 0.717) is 17.8 Å². The average Bonchev–Trinajstić information content (AvgIpc) is 3.44. The highest BCUT2D eigenvalue weighted by atomic mass is 14.3. The van der Waals surface area contributed by atoms with Gasteiger partial charge in [-0.15, -0.1) is 6.42 Å². The summed E-state index contributed by atoms with van der Waals surface area (Å²) in [6.07, 6.45) is 21.9. The third-order valence-electron chi connectivity index (χ3n) is 9.21. The Morgan fingerprint density at radius 2 is 1.65 bits per heavy atom. The Hall–Kier alpha value is -3.56. The van der Waals surface area contributed by atoms with Crippen LogP contribution in [0.25, 0.3) is 5.57 Å². The lowest BCUT2D eigenvalue weighted by molar-refractivity contribution is 0.252. The highest BCUT2D eigenvalue weighted by Crippen LogP contribution is 2.44. The minimum Gasteiger partial charge on any atom is -0.115 e. The molecule has 0 aromatic heterocycles. The van der Waals surface area contributed by atoms with Crippen molar-refractivity contribution in [3.8, 4) is 12.3 Å². The van der Waals surface area contributed by atoms with Crippen LogP contribution in [0.3, 0.4) is 0 Å². The van der Waals surface area contributed by atoms with Crippen molar-refractivity contribution in [2.45, 2.75) is 71.1 Å². The summed E-state index contributed by atoms with van der Waals surface area (Å²) >= 11 is 0. The number of terminal acetylenes is 1. The van der Waals surface area contributed by atoms with Crippen molar-refractivity contribution < 1.29 is 0 Å². The highest BCUT2D eigenvalue weighted by Gasteiger charge is 2.30. The summed E-state index contributed by atoms with van der Waals surface area (Å²) in [7, 11) is 0. The number of benzene rings is 3. The van der Waals surface area contributed by atoms with Crippen LogP contribution in [0.5, 0.6) is 0 Å². The Balaban J connectivity index is 1.29. The van der Waals surface area contributed by atoms with Gasteiger partial charge in [-0.05, 0) is 115 Å². The summed E-state index contributed by atoms with van der Waals surface area (Å²) in [5, 5.41) is 0. The molecule has 40 heavy (non-hydrogen) atoms. The van der Waals surface area contributed by atoms with Gasteiger partial charge >= 0.3 is 0 Å². The monoisotopic (exact) mass is 524 g/mol. The molecule has 0 bridgehead atoms. The minimum atomic E-state index is 0.422. The van der Waals surface area contributed by atoms with Crippen molar-refractivity contribution in [1.82, 2.24) is 0 Å². The average molecular weight is 525 g/mol. The second kappa shape index (κ2) is 13.2. The molecule has 2 unspecified atom stereocenters. The Kier molecular flexibility index (Phi) is 9.23. The van der Waals surface area contributed by atoms with Crippen LogP contribution in [0.4, 0.5) is 0 Å². The maximum atomic E-state index is 5.55. The molecule has 204 valence electrons. The molecule has 0 heterocycles. The molecule has 1 fully saturated rings. The standard InChI is InChI=1S/C40H44/c1-5-31-13-15-34(16-14-31)28-35-17-20-37(21-18-35)40(30(4)11-12-33-9-7-8-32(6-2)27-33)38-24-22-36(23-25-38)39-19-10-29(3)26-39/h1,7-10,13-16,19,22-27,29,35,37,40H,4,6,11-12,17-18,20-21,28H2,2-3H3. The highest BCUT2D eigenvalue weighted by molar-refractivity contribution is 5.76. The topological polar surface area (TPSA) is 0 Å². The van der Waals surface area contributed by atoms with Crippen molar-refractivity contribution in [2.75, 3.05) is 0 Å². The molecule has 2 atom stereocenters. The molecular weight excluding hydrogens is 480 g/mol. The lowest BCUT2D eigenvalue weighted by atomic mass is 9.69. The van der Waals surface area contributed by atoms with Gasteiger partial charge in [0, 0.05) is 11.5 Å². The normalized spacial score (nSPS) is 21.0. The van der Waals surface area contributed by atoms with Crippen molar-refractivity contribution in [3.05, 3.63) is 137 Å². The summed E-state index contributed by atoms with van der Waals surface area (Å²) in [5.41, 5.74) is 10.8. The predicted octanol–water partition coefficient (Wildman–Crippen LogP) is 10.1. The Morgan fingerprint density at radius 1 is 0.925 bits per heavy atom. The van der Waals surface area contributed by atoms with E-state index in [4.69, 9.17) is 13.0 Å². The molecule has 0 N–H and O–H groups in total. The first kappa shape index (κ1) is 28.0. The predicted molar refractivity (Wildman–Crippen MR) is 172 cm³/mol. The van der Waals surface area contributed by atoms with E-state index in [2.05, 4.69) is 111 Å². The molecule has 0 aliphatic heterocycles. The summed E-state index contributed by atoms with van der Waals surface area (Å²) in [5.74, 6) is 5.10. The third kappa shape index (κ3) is 6.95. The molecule has 1 saturated carbocycles. The van der Waals surface area contributed by atoms with E-state index in [-0.39, 0.29) is 0 Å². The summed E-state index contributed by atoms with van der Waals surface area (Å²) < 4.78 is 0. The quantitative estimate of drug-likeness (QED) is 0.183. The number of rotatable bonds is 10. The third-order valence-corrected chi connectivity index (χ3v) is 9.21. The molecule has 3 aromatic rings. The zero-order valence-corrected chi connectivity index (χ0v) is 24.4. The van der Waals surface area contributed by atoms with E-state index in [0.717, 1.165) is 37.2 Å². The van der Waals surface area contributed by atoms with Crippen molar-refractivity contribution >= 4 is 5.57 Å². The second-order valence-corrected chi connectivity index (χ2v) is 12.1. The number of hydrogen-bond acceptors (Lipinski definition) is 0. The molecule has 2 aliphatic carbocycles. The van der Waals surface area contributed by atoms with Gasteiger partial charge < -0.3 is 0 Å². The molecule has 0 amide bonds. The van der Waals surface area contributed by atoms with Gasteiger partial charge in [0.2, 0.25) is 0 Å². The van der Waals surface area contributed by atoms with E-state index in [9.17, 15) is 0 Å². The van der Waals surface area contributed by atoms with Crippen LogP contribution in [0.15, 0.2) is 103 Å². The van der Waals surface area contributed by atoms with Crippen LogP contribution >= 0.6 is 0 Å². The van der Waals surface area contributed by atoms with Gasteiger partial charge in [-0.2, -0.15) is 0 Å². The van der Waals surface area contributed by atoms with Crippen molar-refractivity contribution in [2.24, 2.45) is 17.8 Å². The summed E-state index contributed by atoms with van der Waals surface area (Å²) in [6.45, 7) is 9.22. The molecule has 3 aromatic carbocycles. The number of allylic oxidation sites excluding steroid dienone is 5. The first-order chi connectivity index (χ1) is 19.5. The van der Waals surface area contributed by atoms with Gasteiger partial charge in [0.15, 0.2) is 0 Å². The van der Waals surface area contributed by atoms with Crippen LogP contribution < -0.4 is 0 Å². The Bertz CT molecular complexity index is 1380. The molecule has 0 heteroatoms. The van der Waals surface area contributed by atoms with E-state index in [1.165, 1.54) is 64.6 Å². The van der Waals surface area contributed by atoms with Crippen LogP contribution in [-0.4, -0.2) is 0 Å². The minimum absolute atomic E-state index is 0.422. The first-order valence-electron chi connectivity index (χ1n) is 15.3. The van der Waals surface area contributed by atoms with Gasteiger partial charge in [0.05, 0.1) is 0 Å². The molecule has 2 aliphatic rings. The van der Waals surface area contributed by atoms with Crippen molar-refractivity contribution in [3.63, 3.8) is 0 Å². The molecule has 0 radical (unpaired) electrons. The van der Waals surface area contributed by atoms with Crippen LogP contribution in [0.1, 0.15) is 85.3 Å². The van der Waals surface area contributed by atoms with Gasteiger partial charge in [0.1, 0.15) is 0 Å². The fourth-order valence-electron chi connectivity index (χ4n) is 6.83. The number of hydrogen-bond donors (Lipinski definition) is 0. The lowest BCUT2D eigenvalue weighted by Gasteiger charge is -2.36. The first-order valence-corrected chi connectivity index (χ1v) is 15.3. The second-order valence-electron chi connectivity index (χ2n) is 12.1. The number of aryl methyl sites for hydroxylation is 2. The van der Waals surface area contributed by atoms with Gasteiger partial charge in [0.25, 0.3) is 0 Å². The fraction of sp³-hybridized carbons (Fsp3) is 0.350. The largest absolute Gasteiger partial charge is 0.115 e. The maximum Gasteiger partial charge on any atom is 0.0242 e. The van der Waals surface area contributed by atoms with Gasteiger partial charge in [-0.1, -0.05) is 111 Å². The fourth-order valence-corrected chi connectivity index (χ4v) is 6.83. The summed E-state index contributed by atoms with van der Waals surface area (Å²) in [6, 6.07) is 27.1. The smallest absolute Gasteiger partial charge is 0.0242 e. The SMILES string of the molecule is C#Cc1ccc(CC2CCC(C(C(=C)CCc3cccc(CC)c3)c3ccc(C4=CC(C)C=C4)cc3)CC2)cc1. The van der Waals surface area contributed by atoms with E-state index < -0.39 is 0 Å². The van der Waals surface area contributed by atoms with E-state index in [1.807, 2.05) is 0 Å². The van der Waals surface area contributed by atoms with Gasteiger partial charge in [-0.3, -0.25) is 0 Å². The van der Waals surface area contributed by atoms with E-state index >= 15 is 0 Å². The molecular formula is C40H44. The molecule has 5 rings (SSSR count). The van der Waals surface area contributed by atoms with Gasteiger partial charge in [-0.25, -0.2) is 0 Å². The van der Waals surface area contributed by atoms with Crippen LogP contribution in [0, 0.1) is 30.1 Å². The zero-order valence-electron chi connectivity index (χ0n) is 24.4. The lowest BCUT2D eigenvalue weighted by Crippen LogP contribution is -2.23. The van der Waals surface area contributed by atoms with E-state index in [1.54, 1.807) is 0 Å². The van der Waals surface area contributed by atoms with Crippen LogP contribution in [-0.2, 0) is 19.3 Å².